The van der Waals surface area contributed by atoms with E-state index in [0.717, 1.165) is 12.0 Å². The number of nitrogens with zero attached hydrogens (tertiary/aromatic N) is 2. The van der Waals surface area contributed by atoms with Crippen LogP contribution >= 0.6 is 0 Å². The average Bonchev–Trinajstić information content (AvgIpc) is 2.45. The number of hydrogen-bond acceptors (Lipinski definition) is 3. The van der Waals surface area contributed by atoms with Gasteiger partial charge in [0.05, 0.1) is 0 Å². The molecule has 0 spiro atoms. The van der Waals surface area contributed by atoms with Crippen LogP contribution in [0.15, 0.2) is 0 Å². The van der Waals surface area contributed by atoms with Crippen molar-refractivity contribution in [2.24, 2.45) is 11.3 Å². The van der Waals surface area contributed by atoms with Gasteiger partial charge in [0.15, 0.2) is 0 Å². The minimum Gasteiger partial charge on any atom is -0.315 e. The molecule has 1 saturated carbocycles. The Labute approximate surface area is 132 Å². The summed E-state index contributed by atoms with van der Waals surface area (Å²) in [4.78, 5) is 5.41. The van der Waals surface area contributed by atoms with Gasteiger partial charge in [-0.25, -0.2) is 0 Å². The van der Waals surface area contributed by atoms with E-state index in [4.69, 9.17) is 0 Å². The molecule has 124 valence electrons. The van der Waals surface area contributed by atoms with E-state index >= 15 is 0 Å². The van der Waals surface area contributed by atoms with Crippen LogP contribution in [-0.4, -0.2) is 61.2 Å². The van der Waals surface area contributed by atoms with Crippen LogP contribution in [0.3, 0.4) is 0 Å². The number of hydrogen-bond donors (Lipinski definition) is 1. The van der Waals surface area contributed by atoms with Gasteiger partial charge in [-0.15, -0.1) is 0 Å². The lowest BCUT2D eigenvalue weighted by atomic mass is 9.69. The summed E-state index contributed by atoms with van der Waals surface area (Å²) in [6.07, 6.45) is 4.09. The zero-order valence-corrected chi connectivity index (χ0v) is 15.2. The van der Waals surface area contributed by atoms with Gasteiger partial charge in [0.25, 0.3) is 0 Å². The third-order valence-electron chi connectivity index (χ3n) is 6.08. The summed E-state index contributed by atoms with van der Waals surface area (Å²) in [7, 11) is 2.15. The van der Waals surface area contributed by atoms with Crippen molar-refractivity contribution in [2.45, 2.75) is 72.0 Å². The molecule has 3 heteroatoms. The summed E-state index contributed by atoms with van der Waals surface area (Å²) in [6.45, 7) is 16.9. The molecule has 0 aromatic carbocycles. The molecule has 1 N–H and O–H groups in total. The van der Waals surface area contributed by atoms with Crippen LogP contribution < -0.4 is 5.32 Å². The minimum atomic E-state index is 0.452. The van der Waals surface area contributed by atoms with Crippen molar-refractivity contribution >= 4 is 0 Å². The first-order chi connectivity index (χ1) is 9.86. The Kier molecular flexibility index (Phi) is 5.72. The SMILES string of the molecule is CCN1CCN(C2CC(C(C)(C)C)CCC2NC)CC1C. The van der Waals surface area contributed by atoms with Crippen molar-refractivity contribution < 1.29 is 0 Å². The highest BCUT2D eigenvalue weighted by Gasteiger charge is 2.39. The van der Waals surface area contributed by atoms with E-state index in [0.29, 0.717) is 17.5 Å². The molecule has 21 heavy (non-hydrogen) atoms. The second kappa shape index (κ2) is 6.97. The van der Waals surface area contributed by atoms with Gasteiger partial charge in [-0.1, -0.05) is 27.7 Å². The zero-order valence-electron chi connectivity index (χ0n) is 15.2. The molecule has 0 bridgehead atoms. The van der Waals surface area contributed by atoms with Crippen molar-refractivity contribution in [1.82, 2.24) is 15.1 Å². The number of rotatable bonds is 3. The van der Waals surface area contributed by atoms with Crippen LogP contribution in [-0.2, 0) is 0 Å². The Morgan fingerprint density at radius 2 is 1.86 bits per heavy atom. The largest absolute Gasteiger partial charge is 0.315 e. The summed E-state index contributed by atoms with van der Waals surface area (Å²) >= 11 is 0. The minimum absolute atomic E-state index is 0.452. The summed E-state index contributed by atoms with van der Waals surface area (Å²) in [5, 5.41) is 3.61. The van der Waals surface area contributed by atoms with E-state index in [1.54, 1.807) is 0 Å². The Hall–Kier alpha value is -0.120. The van der Waals surface area contributed by atoms with E-state index < -0.39 is 0 Å². The van der Waals surface area contributed by atoms with Crippen LogP contribution in [0.25, 0.3) is 0 Å². The van der Waals surface area contributed by atoms with Crippen molar-refractivity contribution in [1.29, 1.82) is 0 Å². The highest BCUT2D eigenvalue weighted by molar-refractivity contribution is 4.96. The molecular formula is C18H37N3. The highest BCUT2D eigenvalue weighted by Crippen LogP contribution is 2.39. The molecule has 1 heterocycles. The molecule has 4 unspecified atom stereocenters. The molecule has 1 saturated heterocycles. The Balaban J connectivity index is 2.04. The molecule has 2 fully saturated rings. The number of piperazine rings is 1. The molecule has 0 aromatic heterocycles. The first-order valence-electron chi connectivity index (χ1n) is 9.02. The molecule has 2 aliphatic rings. The molecule has 4 atom stereocenters. The van der Waals surface area contributed by atoms with Crippen LogP contribution in [0.5, 0.6) is 0 Å². The van der Waals surface area contributed by atoms with E-state index in [1.165, 1.54) is 45.4 Å². The molecule has 2 rings (SSSR count). The second-order valence-electron chi connectivity index (χ2n) is 8.31. The summed E-state index contributed by atoms with van der Waals surface area (Å²) in [6, 6.07) is 2.12. The fourth-order valence-electron chi connectivity index (χ4n) is 4.47. The zero-order chi connectivity index (χ0) is 15.6. The third-order valence-corrected chi connectivity index (χ3v) is 6.08. The standard InChI is InChI=1S/C18H37N3/c1-7-20-10-11-21(13-14(20)2)17-12-15(18(3,4)5)8-9-16(17)19-6/h14-17,19H,7-13H2,1-6H3. The monoisotopic (exact) mass is 295 g/mol. The fraction of sp³-hybridized carbons (Fsp3) is 1.00. The molecule has 0 radical (unpaired) electrons. The number of nitrogens with one attached hydrogen (secondary N) is 1. The van der Waals surface area contributed by atoms with Gasteiger partial charge in [0, 0.05) is 37.8 Å². The molecule has 0 amide bonds. The molecule has 1 aliphatic carbocycles. The quantitative estimate of drug-likeness (QED) is 0.864. The summed E-state index contributed by atoms with van der Waals surface area (Å²) in [5.74, 6) is 0.867. The Morgan fingerprint density at radius 1 is 1.14 bits per heavy atom. The normalized spacial score (nSPS) is 36.9. The lowest BCUT2D eigenvalue weighted by Crippen LogP contribution is -2.60. The fourth-order valence-corrected chi connectivity index (χ4v) is 4.47. The first-order valence-corrected chi connectivity index (χ1v) is 9.02. The van der Waals surface area contributed by atoms with E-state index in [1.807, 2.05) is 0 Å². The Bertz CT molecular complexity index is 323. The lowest BCUT2D eigenvalue weighted by molar-refractivity contribution is 0.00921. The van der Waals surface area contributed by atoms with Gasteiger partial charge in [-0.2, -0.15) is 0 Å². The van der Waals surface area contributed by atoms with Gasteiger partial charge < -0.3 is 5.32 Å². The van der Waals surface area contributed by atoms with Gasteiger partial charge in [0.1, 0.15) is 0 Å². The van der Waals surface area contributed by atoms with Crippen LogP contribution in [0.4, 0.5) is 0 Å². The Morgan fingerprint density at radius 3 is 2.38 bits per heavy atom. The maximum atomic E-state index is 3.61. The molecule has 0 aromatic rings. The van der Waals surface area contributed by atoms with Gasteiger partial charge in [-0.3, -0.25) is 9.80 Å². The first kappa shape index (κ1) is 17.2. The maximum Gasteiger partial charge on any atom is 0.0253 e. The van der Waals surface area contributed by atoms with Crippen LogP contribution in [0.2, 0.25) is 0 Å². The van der Waals surface area contributed by atoms with Crippen molar-refractivity contribution in [3.63, 3.8) is 0 Å². The smallest absolute Gasteiger partial charge is 0.0253 e. The highest BCUT2D eigenvalue weighted by atomic mass is 15.3. The molecule has 3 nitrogen and oxygen atoms in total. The van der Waals surface area contributed by atoms with Crippen molar-refractivity contribution in [3.8, 4) is 0 Å². The predicted octanol–water partition coefficient (Wildman–Crippen LogP) is 2.82. The second-order valence-corrected chi connectivity index (χ2v) is 8.31. The molecular weight excluding hydrogens is 258 g/mol. The van der Waals surface area contributed by atoms with Crippen molar-refractivity contribution in [3.05, 3.63) is 0 Å². The third kappa shape index (κ3) is 4.00. The van der Waals surface area contributed by atoms with Crippen LogP contribution in [0, 0.1) is 11.3 Å². The van der Waals surface area contributed by atoms with Gasteiger partial charge in [0.2, 0.25) is 0 Å². The van der Waals surface area contributed by atoms with Crippen LogP contribution in [0.1, 0.15) is 53.9 Å². The van der Waals surface area contributed by atoms with Gasteiger partial charge >= 0.3 is 0 Å². The number of likely N-dealkylation sites (N-methyl/N-ethyl adjacent to an activating group) is 2. The lowest BCUT2D eigenvalue weighted by Gasteiger charge is -2.50. The maximum absolute atomic E-state index is 3.61. The predicted molar refractivity (Wildman–Crippen MR) is 91.7 cm³/mol. The van der Waals surface area contributed by atoms with Crippen molar-refractivity contribution in [2.75, 3.05) is 33.2 Å². The molecule has 1 aliphatic heterocycles. The summed E-state index contributed by atoms with van der Waals surface area (Å²) in [5.41, 5.74) is 0.452. The topological polar surface area (TPSA) is 18.5 Å². The average molecular weight is 296 g/mol. The van der Waals surface area contributed by atoms with E-state index in [9.17, 15) is 0 Å². The van der Waals surface area contributed by atoms with E-state index in [-0.39, 0.29) is 0 Å². The van der Waals surface area contributed by atoms with Gasteiger partial charge in [-0.05, 0) is 51.1 Å². The van der Waals surface area contributed by atoms with E-state index in [2.05, 4.69) is 56.8 Å². The summed E-state index contributed by atoms with van der Waals surface area (Å²) < 4.78 is 0.